The SMILES string of the molecule is CC1=CC(C)C(C(c2c(C)cc(C)c(-c3cccnc3)c2C)c2c(C)cc(C)c(-c3ccc(F)nc3)c2C)C(C)=C1c1cccnc1. The number of rotatable bonds is 6. The highest BCUT2D eigenvalue weighted by Gasteiger charge is 2.38. The van der Waals surface area contributed by atoms with E-state index in [1.165, 1.54) is 72.9 Å². The molecule has 4 heteroatoms. The maximum absolute atomic E-state index is 14.0. The fourth-order valence-corrected chi connectivity index (χ4v) is 8.76. The van der Waals surface area contributed by atoms with Crippen LogP contribution < -0.4 is 0 Å². The van der Waals surface area contributed by atoms with Crippen molar-refractivity contribution >= 4 is 5.57 Å². The molecule has 1 aliphatic rings. The quantitative estimate of drug-likeness (QED) is 0.177. The molecule has 0 amide bonds. The van der Waals surface area contributed by atoms with Gasteiger partial charge in [0.25, 0.3) is 0 Å². The van der Waals surface area contributed by atoms with E-state index in [1.807, 2.05) is 43.0 Å². The Kier molecular flexibility index (Phi) is 8.80. The third-order valence-electron chi connectivity index (χ3n) is 10.3. The Labute approximate surface area is 279 Å². The molecule has 0 saturated heterocycles. The summed E-state index contributed by atoms with van der Waals surface area (Å²) in [6.45, 7) is 20.4. The molecule has 0 N–H and O–H groups in total. The summed E-state index contributed by atoms with van der Waals surface area (Å²) in [6, 6.07) is 16.4. The van der Waals surface area contributed by atoms with Gasteiger partial charge in [-0.2, -0.15) is 4.39 Å². The van der Waals surface area contributed by atoms with E-state index in [1.54, 1.807) is 6.20 Å². The lowest BCUT2D eigenvalue weighted by molar-refractivity contribution is 0.426. The van der Waals surface area contributed by atoms with Crippen molar-refractivity contribution < 1.29 is 4.39 Å². The van der Waals surface area contributed by atoms with Gasteiger partial charge in [-0.3, -0.25) is 9.97 Å². The van der Waals surface area contributed by atoms with Crippen LogP contribution in [0.2, 0.25) is 0 Å². The molecular formula is C43H44FN3. The number of halogens is 1. The lowest BCUT2D eigenvalue weighted by atomic mass is 9.63. The predicted octanol–water partition coefficient (Wildman–Crippen LogP) is 11.0. The molecule has 47 heavy (non-hydrogen) atoms. The molecule has 0 bridgehead atoms. The Morgan fingerprint density at radius 1 is 0.638 bits per heavy atom. The molecule has 238 valence electrons. The lowest BCUT2D eigenvalue weighted by Gasteiger charge is -2.40. The zero-order chi connectivity index (χ0) is 33.6. The molecule has 0 fully saturated rings. The van der Waals surface area contributed by atoms with Crippen molar-refractivity contribution in [3.63, 3.8) is 0 Å². The maximum atomic E-state index is 14.0. The molecule has 2 aromatic carbocycles. The first kappa shape index (κ1) is 32.2. The van der Waals surface area contributed by atoms with Gasteiger partial charge >= 0.3 is 0 Å². The third-order valence-corrected chi connectivity index (χ3v) is 10.3. The van der Waals surface area contributed by atoms with E-state index < -0.39 is 5.95 Å². The second kappa shape index (κ2) is 12.8. The Bertz CT molecular complexity index is 2020. The van der Waals surface area contributed by atoms with E-state index in [0.717, 1.165) is 22.3 Å². The van der Waals surface area contributed by atoms with Crippen molar-refractivity contribution in [2.45, 2.75) is 68.2 Å². The second-order valence-corrected chi connectivity index (χ2v) is 13.5. The smallest absolute Gasteiger partial charge is 0.212 e. The predicted molar refractivity (Wildman–Crippen MR) is 193 cm³/mol. The zero-order valence-corrected chi connectivity index (χ0v) is 29.0. The first-order valence-corrected chi connectivity index (χ1v) is 16.5. The van der Waals surface area contributed by atoms with E-state index in [2.05, 4.69) is 108 Å². The van der Waals surface area contributed by atoms with Crippen LogP contribution in [0.25, 0.3) is 27.8 Å². The molecule has 3 nitrogen and oxygen atoms in total. The first-order chi connectivity index (χ1) is 22.5. The number of hydrogen-bond acceptors (Lipinski definition) is 3. The molecule has 3 unspecified atom stereocenters. The van der Waals surface area contributed by atoms with Gasteiger partial charge in [0.1, 0.15) is 0 Å². The molecule has 5 aromatic rings. The summed E-state index contributed by atoms with van der Waals surface area (Å²) in [5, 5.41) is 0. The third kappa shape index (κ3) is 5.75. The standard InChI is InChI=1S/C43H44FN3/c1-24-18-27(4)40(30(7)37(24)33-12-10-16-45-21-33)43(41-28(5)19-25(2)38(31(41)8)34-13-11-17-46-22-34)42-29(6)20-26(3)39(32(42)9)35-14-15-36(44)47-23-35/h10-23,27,40,43H,1-9H3. The van der Waals surface area contributed by atoms with Crippen molar-refractivity contribution in [1.82, 2.24) is 15.0 Å². The molecule has 1 aliphatic carbocycles. The molecule has 6 rings (SSSR count). The molecule has 3 aromatic heterocycles. The van der Waals surface area contributed by atoms with Crippen molar-refractivity contribution in [3.05, 3.63) is 153 Å². The number of hydrogen-bond donors (Lipinski definition) is 0. The fourth-order valence-electron chi connectivity index (χ4n) is 8.76. The normalized spacial score (nSPS) is 17.1. The minimum Gasteiger partial charge on any atom is -0.264 e. The summed E-state index contributed by atoms with van der Waals surface area (Å²) >= 11 is 0. The average molecular weight is 622 g/mol. The molecule has 0 saturated carbocycles. The summed E-state index contributed by atoms with van der Waals surface area (Å²) in [7, 11) is 0. The van der Waals surface area contributed by atoms with Gasteiger partial charge in [-0.1, -0.05) is 42.8 Å². The number of nitrogens with zero attached hydrogens (tertiary/aromatic N) is 3. The van der Waals surface area contributed by atoms with Gasteiger partial charge in [0.15, 0.2) is 0 Å². The number of allylic oxidation sites excluding steroid dienone is 4. The molecule has 3 atom stereocenters. The number of pyridine rings is 3. The van der Waals surface area contributed by atoms with Gasteiger partial charge in [0.2, 0.25) is 5.95 Å². The van der Waals surface area contributed by atoms with Gasteiger partial charge in [0, 0.05) is 53.6 Å². The topological polar surface area (TPSA) is 38.7 Å². The van der Waals surface area contributed by atoms with Crippen molar-refractivity contribution in [3.8, 4) is 22.3 Å². The lowest BCUT2D eigenvalue weighted by Crippen LogP contribution is -2.28. The second-order valence-electron chi connectivity index (χ2n) is 13.5. The summed E-state index contributed by atoms with van der Waals surface area (Å²) < 4.78 is 14.0. The van der Waals surface area contributed by atoms with E-state index in [9.17, 15) is 4.39 Å². The largest absolute Gasteiger partial charge is 0.264 e. The monoisotopic (exact) mass is 621 g/mol. The minimum absolute atomic E-state index is 0.0461. The summed E-state index contributed by atoms with van der Waals surface area (Å²) in [5.74, 6) is 0.0308. The molecule has 0 radical (unpaired) electrons. The first-order valence-electron chi connectivity index (χ1n) is 16.5. The van der Waals surface area contributed by atoms with E-state index in [4.69, 9.17) is 0 Å². The van der Waals surface area contributed by atoms with Gasteiger partial charge in [-0.05, 0) is 158 Å². The van der Waals surface area contributed by atoms with Crippen molar-refractivity contribution in [2.75, 3.05) is 0 Å². The van der Waals surface area contributed by atoms with Crippen molar-refractivity contribution in [1.29, 1.82) is 0 Å². The fraction of sp³-hybridized carbons (Fsp3) is 0.279. The van der Waals surface area contributed by atoms with Crippen LogP contribution >= 0.6 is 0 Å². The highest BCUT2D eigenvalue weighted by molar-refractivity contribution is 5.83. The summed E-state index contributed by atoms with van der Waals surface area (Å²) in [6.07, 6.45) is 11.8. The number of benzene rings is 2. The van der Waals surface area contributed by atoms with Crippen LogP contribution in [-0.4, -0.2) is 15.0 Å². The van der Waals surface area contributed by atoms with Crippen LogP contribution in [0.15, 0.2) is 96.7 Å². The molecule has 3 heterocycles. The average Bonchev–Trinajstić information content (AvgIpc) is 3.02. The Hall–Kier alpha value is -4.70. The van der Waals surface area contributed by atoms with Crippen LogP contribution in [0, 0.1) is 59.3 Å². The van der Waals surface area contributed by atoms with Gasteiger partial charge < -0.3 is 0 Å². The Balaban J connectivity index is 1.71. The number of aromatic nitrogens is 3. The van der Waals surface area contributed by atoms with Crippen LogP contribution in [0.4, 0.5) is 4.39 Å². The van der Waals surface area contributed by atoms with Gasteiger partial charge in [0.05, 0.1) is 0 Å². The van der Waals surface area contributed by atoms with Crippen LogP contribution in [0.1, 0.15) is 76.8 Å². The van der Waals surface area contributed by atoms with Crippen molar-refractivity contribution in [2.24, 2.45) is 11.8 Å². The Morgan fingerprint density at radius 2 is 1.17 bits per heavy atom. The maximum Gasteiger partial charge on any atom is 0.212 e. The van der Waals surface area contributed by atoms with Gasteiger partial charge in [-0.25, -0.2) is 4.98 Å². The minimum atomic E-state index is -0.468. The van der Waals surface area contributed by atoms with E-state index >= 15 is 0 Å². The van der Waals surface area contributed by atoms with Crippen LogP contribution in [0.5, 0.6) is 0 Å². The molecule has 0 aliphatic heterocycles. The van der Waals surface area contributed by atoms with Crippen LogP contribution in [-0.2, 0) is 0 Å². The zero-order valence-electron chi connectivity index (χ0n) is 29.0. The summed E-state index contributed by atoms with van der Waals surface area (Å²) in [5.41, 5.74) is 19.7. The van der Waals surface area contributed by atoms with Crippen LogP contribution in [0.3, 0.4) is 0 Å². The molecule has 0 spiro atoms. The van der Waals surface area contributed by atoms with E-state index in [0.29, 0.717) is 0 Å². The highest BCUT2D eigenvalue weighted by Crippen LogP contribution is 2.52. The Morgan fingerprint density at radius 3 is 1.66 bits per heavy atom. The van der Waals surface area contributed by atoms with E-state index in [-0.39, 0.29) is 17.8 Å². The number of aryl methyl sites for hydroxylation is 4. The highest BCUT2D eigenvalue weighted by atomic mass is 19.1. The summed E-state index contributed by atoms with van der Waals surface area (Å²) in [4.78, 5) is 13.1. The molecular weight excluding hydrogens is 577 g/mol. The van der Waals surface area contributed by atoms with Gasteiger partial charge in [-0.15, -0.1) is 0 Å².